The largest absolute Gasteiger partial charge is 0.294 e. The molecule has 0 atom stereocenters. The lowest BCUT2D eigenvalue weighted by Crippen LogP contribution is -2.00. The minimum Gasteiger partial charge on any atom is -0.294 e. The summed E-state index contributed by atoms with van der Waals surface area (Å²) in [6.07, 6.45) is 8.46. The Hall–Kier alpha value is -1.37. The molecule has 0 heterocycles. The van der Waals surface area contributed by atoms with Crippen LogP contribution in [0.2, 0.25) is 0 Å². The summed E-state index contributed by atoms with van der Waals surface area (Å²) in [6.45, 7) is 10.0. The quantitative estimate of drug-likeness (QED) is 0.646. The monoisotopic (exact) mass is 216 g/mol. The summed E-state index contributed by atoms with van der Waals surface area (Å²) >= 11 is 0. The maximum Gasteiger partial charge on any atom is 0.159 e. The van der Waals surface area contributed by atoms with Gasteiger partial charge in [0.1, 0.15) is 0 Å². The predicted octanol–water partition coefficient (Wildman–Crippen LogP) is 4.13. The lowest BCUT2D eigenvalue weighted by atomic mass is 9.92. The van der Waals surface area contributed by atoms with E-state index in [-0.39, 0.29) is 5.78 Å². The Bertz CT molecular complexity index is 388. The first-order valence-corrected chi connectivity index (χ1v) is 5.71. The third kappa shape index (κ3) is 4.01. The summed E-state index contributed by atoms with van der Waals surface area (Å²) < 4.78 is 0. The zero-order valence-corrected chi connectivity index (χ0v) is 10.5. The van der Waals surface area contributed by atoms with E-state index in [1.54, 1.807) is 6.08 Å². The minimum atomic E-state index is 0.150. The average Bonchev–Trinajstić information content (AvgIpc) is 2.16. The van der Waals surface area contributed by atoms with E-state index >= 15 is 0 Å². The Morgan fingerprint density at radius 2 is 2.06 bits per heavy atom. The average molecular weight is 216 g/mol. The molecule has 0 radical (unpaired) electrons. The van der Waals surface area contributed by atoms with Crippen molar-refractivity contribution in [3.63, 3.8) is 0 Å². The Balaban J connectivity index is 2.60. The smallest absolute Gasteiger partial charge is 0.159 e. The van der Waals surface area contributed by atoms with Crippen LogP contribution in [0, 0.1) is 0 Å². The fourth-order valence-electron chi connectivity index (χ4n) is 1.73. The molecule has 0 N–H and O–H groups in total. The van der Waals surface area contributed by atoms with Crippen LogP contribution in [0.15, 0.2) is 47.1 Å². The van der Waals surface area contributed by atoms with Crippen LogP contribution in [0.5, 0.6) is 0 Å². The van der Waals surface area contributed by atoms with Crippen LogP contribution in [0.1, 0.15) is 40.0 Å². The van der Waals surface area contributed by atoms with Crippen LogP contribution in [-0.4, -0.2) is 5.78 Å². The number of carbonyl (C=O) groups excluding carboxylic acids is 1. The highest BCUT2D eigenvalue weighted by Gasteiger charge is 2.09. The van der Waals surface area contributed by atoms with Crippen LogP contribution in [0.25, 0.3) is 0 Å². The molecule has 0 aromatic carbocycles. The molecule has 1 aliphatic carbocycles. The number of carbonyl (C=O) groups is 1. The molecule has 0 aromatic heterocycles. The van der Waals surface area contributed by atoms with Crippen LogP contribution in [-0.2, 0) is 4.79 Å². The van der Waals surface area contributed by atoms with Gasteiger partial charge in [-0.15, -0.1) is 0 Å². The second-order valence-electron chi connectivity index (χ2n) is 4.67. The summed E-state index contributed by atoms with van der Waals surface area (Å²) in [6, 6.07) is 0. The molecule has 0 fully saturated rings. The van der Waals surface area contributed by atoms with Gasteiger partial charge in [0.15, 0.2) is 5.78 Å². The van der Waals surface area contributed by atoms with Crippen molar-refractivity contribution < 1.29 is 4.79 Å². The van der Waals surface area contributed by atoms with Crippen LogP contribution in [0.3, 0.4) is 0 Å². The molecule has 0 aliphatic heterocycles. The third-order valence-corrected chi connectivity index (χ3v) is 2.65. The lowest BCUT2D eigenvalue weighted by Gasteiger charge is -2.13. The maximum atomic E-state index is 11.6. The summed E-state index contributed by atoms with van der Waals surface area (Å²) in [7, 11) is 0. The zero-order valence-electron chi connectivity index (χ0n) is 10.5. The van der Waals surface area contributed by atoms with Gasteiger partial charge in [0.25, 0.3) is 0 Å². The molecule has 0 spiro atoms. The maximum absolute atomic E-state index is 11.6. The van der Waals surface area contributed by atoms with E-state index in [2.05, 4.69) is 25.7 Å². The minimum absolute atomic E-state index is 0.150. The van der Waals surface area contributed by atoms with Crippen molar-refractivity contribution in [3.8, 4) is 0 Å². The second-order valence-corrected chi connectivity index (χ2v) is 4.67. The van der Waals surface area contributed by atoms with E-state index in [1.165, 1.54) is 11.1 Å². The molecule has 1 nitrogen and oxygen atoms in total. The van der Waals surface area contributed by atoms with Gasteiger partial charge in [0.05, 0.1) is 0 Å². The van der Waals surface area contributed by atoms with Gasteiger partial charge in [-0.1, -0.05) is 29.9 Å². The summed E-state index contributed by atoms with van der Waals surface area (Å²) in [4.78, 5) is 11.6. The molecule has 16 heavy (non-hydrogen) atoms. The van der Waals surface area contributed by atoms with Crippen LogP contribution >= 0.6 is 0 Å². The van der Waals surface area contributed by atoms with E-state index in [9.17, 15) is 4.79 Å². The first-order valence-electron chi connectivity index (χ1n) is 5.71. The van der Waals surface area contributed by atoms with Crippen molar-refractivity contribution in [1.29, 1.82) is 0 Å². The first-order chi connectivity index (χ1) is 7.49. The van der Waals surface area contributed by atoms with E-state index in [0.29, 0.717) is 6.42 Å². The fourth-order valence-corrected chi connectivity index (χ4v) is 1.73. The van der Waals surface area contributed by atoms with Crippen LogP contribution in [0.4, 0.5) is 0 Å². The Kier molecular flexibility index (Phi) is 4.48. The summed E-state index contributed by atoms with van der Waals surface area (Å²) in [5, 5.41) is 0. The van der Waals surface area contributed by atoms with Gasteiger partial charge < -0.3 is 0 Å². The molecular weight excluding hydrogens is 196 g/mol. The highest BCUT2D eigenvalue weighted by Crippen LogP contribution is 2.24. The molecule has 86 valence electrons. The Morgan fingerprint density at radius 3 is 2.56 bits per heavy atom. The second kappa shape index (κ2) is 5.64. The van der Waals surface area contributed by atoms with Gasteiger partial charge in [-0.2, -0.15) is 0 Å². The van der Waals surface area contributed by atoms with Gasteiger partial charge in [-0.05, 0) is 50.8 Å². The van der Waals surface area contributed by atoms with Crippen LogP contribution < -0.4 is 0 Å². The van der Waals surface area contributed by atoms with Crippen molar-refractivity contribution in [2.45, 2.75) is 40.0 Å². The molecule has 1 aliphatic rings. The third-order valence-electron chi connectivity index (χ3n) is 2.65. The van der Waals surface area contributed by atoms with Crippen molar-refractivity contribution in [2.24, 2.45) is 0 Å². The molecule has 0 unspecified atom stereocenters. The number of allylic oxidation sites excluding steroid dienone is 7. The van der Waals surface area contributed by atoms with E-state index in [0.717, 1.165) is 24.0 Å². The molecule has 0 amide bonds. The summed E-state index contributed by atoms with van der Waals surface area (Å²) in [5.41, 5.74) is 4.63. The molecule has 0 saturated carbocycles. The highest BCUT2D eigenvalue weighted by molar-refractivity contribution is 5.92. The normalized spacial score (nSPS) is 14.9. The van der Waals surface area contributed by atoms with Gasteiger partial charge in [-0.25, -0.2) is 0 Å². The van der Waals surface area contributed by atoms with Crippen molar-refractivity contribution in [1.82, 2.24) is 0 Å². The molecule has 0 aromatic rings. The van der Waals surface area contributed by atoms with Gasteiger partial charge >= 0.3 is 0 Å². The van der Waals surface area contributed by atoms with Crippen molar-refractivity contribution >= 4 is 5.78 Å². The molecule has 1 rings (SSSR count). The molecular formula is C15H20O. The SMILES string of the molecule is C=C(CC(=O)C=C(C)C)C1=CC=C(C)CC1. The number of ketones is 1. The number of rotatable bonds is 4. The summed E-state index contributed by atoms with van der Waals surface area (Å²) in [5.74, 6) is 0.150. The van der Waals surface area contributed by atoms with E-state index in [1.807, 2.05) is 13.8 Å². The number of hydrogen-bond acceptors (Lipinski definition) is 1. The zero-order chi connectivity index (χ0) is 12.1. The predicted molar refractivity (Wildman–Crippen MR) is 69.3 cm³/mol. The van der Waals surface area contributed by atoms with Gasteiger partial charge in [0, 0.05) is 6.42 Å². The topological polar surface area (TPSA) is 17.1 Å². The Morgan fingerprint density at radius 1 is 1.38 bits per heavy atom. The van der Waals surface area contributed by atoms with E-state index in [4.69, 9.17) is 0 Å². The van der Waals surface area contributed by atoms with Crippen molar-refractivity contribution in [3.05, 3.63) is 47.1 Å². The lowest BCUT2D eigenvalue weighted by molar-refractivity contribution is -0.114. The number of hydrogen-bond donors (Lipinski definition) is 0. The van der Waals surface area contributed by atoms with Crippen molar-refractivity contribution in [2.75, 3.05) is 0 Å². The molecule has 0 saturated heterocycles. The molecule has 0 bridgehead atoms. The molecule has 1 heteroatoms. The first kappa shape index (κ1) is 12.7. The Labute approximate surface area is 98.2 Å². The van der Waals surface area contributed by atoms with Gasteiger partial charge in [0.2, 0.25) is 0 Å². The van der Waals surface area contributed by atoms with Gasteiger partial charge in [-0.3, -0.25) is 4.79 Å². The highest BCUT2D eigenvalue weighted by atomic mass is 16.1. The fraction of sp³-hybridized carbons (Fsp3) is 0.400. The van der Waals surface area contributed by atoms with E-state index < -0.39 is 0 Å². The standard InChI is InChI=1S/C15H20O/c1-11(2)9-15(16)10-13(4)14-7-5-12(3)6-8-14/h5,7,9H,4,6,8,10H2,1-3H3.